The van der Waals surface area contributed by atoms with Gasteiger partial charge < -0.3 is 14.8 Å². The summed E-state index contributed by atoms with van der Waals surface area (Å²) >= 11 is 0. The Morgan fingerprint density at radius 2 is 1.90 bits per heavy atom. The molecule has 1 unspecified atom stereocenters. The molecular formula is C22H27N5O4. The molecule has 1 atom stereocenters. The lowest BCUT2D eigenvalue weighted by Gasteiger charge is -2.20. The van der Waals surface area contributed by atoms with Gasteiger partial charge in [-0.3, -0.25) is 10.1 Å². The Morgan fingerprint density at radius 3 is 2.55 bits per heavy atom. The molecule has 0 aliphatic carbocycles. The molecular weight excluding hydrogens is 398 g/mol. The van der Waals surface area contributed by atoms with Gasteiger partial charge in [0.05, 0.1) is 17.9 Å². The molecule has 2 heterocycles. The second kappa shape index (κ2) is 9.03. The van der Waals surface area contributed by atoms with Gasteiger partial charge in [0, 0.05) is 12.5 Å². The third-order valence-corrected chi connectivity index (χ3v) is 4.43. The zero-order valence-corrected chi connectivity index (χ0v) is 18.3. The predicted octanol–water partition coefficient (Wildman–Crippen LogP) is 4.10. The lowest BCUT2D eigenvalue weighted by atomic mass is 10.1. The summed E-state index contributed by atoms with van der Waals surface area (Å²) in [5, 5.41) is 10.4. The Kier molecular flexibility index (Phi) is 6.43. The monoisotopic (exact) mass is 425 g/mol. The maximum atomic E-state index is 12.2. The third kappa shape index (κ3) is 5.71. The fourth-order valence-electron chi connectivity index (χ4n) is 3.08. The molecule has 0 saturated carbocycles. The number of nitrogens with zero attached hydrogens (tertiary/aromatic N) is 3. The average Bonchev–Trinajstić information content (AvgIpc) is 3.00. The van der Waals surface area contributed by atoms with Crippen molar-refractivity contribution in [2.45, 2.75) is 46.3 Å². The van der Waals surface area contributed by atoms with E-state index in [4.69, 9.17) is 9.47 Å². The van der Waals surface area contributed by atoms with Crippen molar-refractivity contribution in [2.75, 3.05) is 17.2 Å². The van der Waals surface area contributed by atoms with E-state index in [1.54, 1.807) is 31.5 Å². The number of ether oxygens (including phenoxy) is 2. The number of anilines is 2. The second-order valence-corrected chi connectivity index (χ2v) is 8.11. The summed E-state index contributed by atoms with van der Waals surface area (Å²) in [6.45, 7) is 8.78. The molecule has 164 valence electrons. The molecule has 2 aromatic heterocycles. The van der Waals surface area contributed by atoms with E-state index in [2.05, 4.69) is 20.7 Å². The number of hydrogen-bond acceptors (Lipinski definition) is 7. The number of carbonyl (C=O) groups is 2. The summed E-state index contributed by atoms with van der Waals surface area (Å²) in [4.78, 5) is 28.0. The van der Waals surface area contributed by atoms with Gasteiger partial charge in [-0.15, -0.1) is 0 Å². The van der Waals surface area contributed by atoms with E-state index in [1.807, 2.05) is 37.3 Å². The summed E-state index contributed by atoms with van der Waals surface area (Å²) in [5.74, 6) is 0.184. The van der Waals surface area contributed by atoms with Crippen LogP contribution in [0.25, 0.3) is 5.52 Å². The van der Waals surface area contributed by atoms with E-state index in [0.29, 0.717) is 17.0 Å². The van der Waals surface area contributed by atoms with Crippen LogP contribution < -0.4 is 10.6 Å². The number of esters is 1. The minimum atomic E-state index is -0.608. The van der Waals surface area contributed by atoms with E-state index >= 15 is 0 Å². The van der Waals surface area contributed by atoms with Crippen molar-refractivity contribution in [2.24, 2.45) is 0 Å². The van der Waals surface area contributed by atoms with Crippen molar-refractivity contribution < 1.29 is 19.1 Å². The summed E-state index contributed by atoms with van der Waals surface area (Å²) < 4.78 is 12.2. The second-order valence-electron chi connectivity index (χ2n) is 8.11. The van der Waals surface area contributed by atoms with Gasteiger partial charge in [0.15, 0.2) is 5.82 Å². The highest BCUT2D eigenvalue weighted by Gasteiger charge is 2.21. The highest BCUT2D eigenvalue weighted by atomic mass is 16.6. The van der Waals surface area contributed by atoms with Crippen molar-refractivity contribution >= 4 is 29.1 Å². The maximum absolute atomic E-state index is 12.2. The highest BCUT2D eigenvalue weighted by molar-refractivity contribution is 5.90. The van der Waals surface area contributed by atoms with E-state index in [0.717, 1.165) is 11.1 Å². The molecule has 3 aromatic rings. The molecule has 0 aliphatic heterocycles. The number of rotatable bonds is 6. The Morgan fingerprint density at radius 1 is 1.19 bits per heavy atom. The zero-order valence-electron chi connectivity index (χ0n) is 18.3. The number of hydrogen-bond donors (Lipinski definition) is 2. The van der Waals surface area contributed by atoms with Crippen molar-refractivity contribution in [3.63, 3.8) is 0 Å². The molecule has 3 rings (SSSR count). The van der Waals surface area contributed by atoms with Crippen molar-refractivity contribution in [3.05, 3.63) is 54.0 Å². The smallest absolute Gasteiger partial charge is 0.412 e. The van der Waals surface area contributed by atoms with Crippen LogP contribution in [-0.4, -0.2) is 38.9 Å². The Balaban J connectivity index is 1.91. The predicted molar refractivity (Wildman–Crippen MR) is 117 cm³/mol. The van der Waals surface area contributed by atoms with Crippen LogP contribution in [0, 0.1) is 6.92 Å². The number of benzene rings is 1. The van der Waals surface area contributed by atoms with Crippen LogP contribution in [0.1, 0.15) is 44.9 Å². The van der Waals surface area contributed by atoms with Gasteiger partial charge in [-0.05, 0) is 33.3 Å². The molecule has 1 amide bonds. The fourth-order valence-corrected chi connectivity index (χ4v) is 3.08. The van der Waals surface area contributed by atoms with Gasteiger partial charge in [0.25, 0.3) is 0 Å². The van der Waals surface area contributed by atoms with Crippen LogP contribution in [0.4, 0.5) is 16.3 Å². The van der Waals surface area contributed by atoms with E-state index in [9.17, 15) is 9.59 Å². The fraction of sp³-hybridized carbons (Fsp3) is 0.364. The molecule has 31 heavy (non-hydrogen) atoms. The number of nitrogens with one attached hydrogen (secondary N) is 2. The summed E-state index contributed by atoms with van der Waals surface area (Å²) in [6, 6.07) is 9.32. The Labute approximate surface area is 180 Å². The Hall–Kier alpha value is -3.62. The van der Waals surface area contributed by atoms with Gasteiger partial charge in [0.2, 0.25) is 0 Å². The van der Waals surface area contributed by atoms with Crippen molar-refractivity contribution in [1.29, 1.82) is 0 Å². The summed E-state index contributed by atoms with van der Waals surface area (Å²) in [5.41, 5.74) is 2.36. The molecule has 0 radical (unpaired) electrons. The minimum absolute atomic E-state index is 0.137. The van der Waals surface area contributed by atoms with Gasteiger partial charge in [0.1, 0.15) is 24.1 Å². The molecule has 0 bridgehead atoms. The number of aryl methyl sites for hydroxylation is 1. The number of fused-ring (bicyclic) bond motifs is 1. The molecule has 9 heteroatoms. The van der Waals surface area contributed by atoms with Crippen LogP contribution in [0.5, 0.6) is 0 Å². The van der Waals surface area contributed by atoms with Gasteiger partial charge in [-0.1, -0.05) is 30.3 Å². The highest BCUT2D eigenvalue weighted by Crippen LogP contribution is 2.29. The third-order valence-electron chi connectivity index (χ3n) is 4.43. The first-order valence-electron chi connectivity index (χ1n) is 9.92. The maximum Gasteiger partial charge on any atom is 0.412 e. The SMILES string of the molecule is CC(=O)OCC(Nc1ncnn2cc(NC(=O)OC(C)(C)C)c(C)c12)c1ccccc1. The molecule has 1 aromatic carbocycles. The standard InChI is InChI=1S/C22H27N5O4/c1-14-17(26-21(29)31-22(3,4)5)11-27-19(14)20(23-13-24-27)25-18(12-30-15(2)28)16-9-7-6-8-10-16/h6-11,13,18H,12H2,1-5H3,(H,26,29)(H,23,24,25). The minimum Gasteiger partial charge on any atom is -0.463 e. The largest absolute Gasteiger partial charge is 0.463 e. The average molecular weight is 425 g/mol. The molecule has 0 spiro atoms. The number of carbonyl (C=O) groups excluding carboxylic acids is 2. The van der Waals surface area contributed by atoms with Crippen molar-refractivity contribution in [1.82, 2.24) is 14.6 Å². The molecule has 0 aliphatic rings. The molecule has 0 fully saturated rings. The van der Waals surface area contributed by atoms with Crippen LogP contribution in [0.15, 0.2) is 42.9 Å². The molecule has 9 nitrogen and oxygen atoms in total. The first-order chi connectivity index (χ1) is 14.6. The number of amides is 1. The number of aromatic nitrogens is 3. The Bertz CT molecular complexity index is 1070. The van der Waals surface area contributed by atoms with Crippen LogP contribution in [0.3, 0.4) is 0 Å². The van der Waals surface area contributed by atoms with E-state index in [-0.39, 0.29) is 18.6 Å². The normalized spacial score (nSPS) is 12.3. The van der Waals surface area contributed by atoms with E-state index in [1.165, 1.54) is 13.3 Å². The van der Waals surface area contributed by atoms with E-state index < -0.39 is 11.7 Å². The first kappa shape index (κ1) is 22.1. The molecule has 0 saturated heterocycles. The zero-order chi connectivity index (χ0) is 22.6. The summed E-state index contributed by atoms with van der Waals surface area (Å²) in [7, 11) is 0. The van der Waals surface area contributed by atoms with Gasteiger partial charge >= 0.3 is 12.1 Å². The van der Waals surface area contributed by atoms with Gasteiger partial charge in [-0.2, -0.15) is 5.10 Å². The topological polar surface area (TPSA) is 107 Å². The van der Waals surface area contributed by atoms with Crippen LogP contribution >= 0.6 is 0 Å². The van der Waals surface area contributed by atoms with Crippen LogP contribution in [0.2, 0.25) is 0 Å². The quantitative estimate of drug-likeness (QED) is 0.573. The summed E-state index contributed by atoms with van der Waals surface area (Å²) in [6.07, 6.45) is 2.57. The van der Waals surface area contributed by atoms with Crippen LogP contribution in [-0.2, 0) is 14.3 Å². The van der Waals surface area contributed by atoms with Crippen molar-refractivity contribution in [3.8, 4) is 0 Å². The lowest BCUT2D eigenvalue weighted by molar-refractivity contribution is -0.141. The lowest BCUT2D eigenvalue weighted by Crippen LogP contribution is -2.27. The molecule has 2 N–H and O–H groups in total. The first-order valence-corrected chi connectivity index (χ1v) is 9.92. The van der Waals surface area contributed by atoms with Gasteiger partial charge in [-0.25, -0.2) is 14.3 Å².